The summed E-state index contributed by atoms with van der Waals surface area (Å²) in [6.45, 7) is 0.0574. The van der Waals surface area contributed by atoms with Crippen LogP contribution in [0.25, 0.3) is 11.0 Å². The Kier molecular flexibility index (Phi) is 5.58. The Morgan fingerprint density at radius 3 is 2.54 bits per heavy atom. The van der Waals surface area contributed by atoms with E-state index in [1.165, 1.54) is 11.1 Å². The van der Waals surface area contributed by atoms with Crippen LogP contribution in [0, 0.1) is 0 Å². The fourth-order valence-electron chi connectivity index (χ4n) is 2.34. The Balaban J connectivity index is 1.59. The van der Waals surface area contributed by atoms with Gasteiger partial charge >= 0.3 is 5.97 Å². The second-order valence-electron chi connectivity index (χ2n) is 5.66. The van der Waals surface area contributed by atoms with Gasteiger partial charge in [0.2, 0.25) is 0 Å². The van der Waals surface area contributed by atoms with Crippen molar-refractivity contribution in [2.75, 3.05) is 13.7 Å². The molecule has 0 unspecified atom stereocenters. The van der Waals surface area contributed by atoms with Crippen molar-refractivity contribution in [2.24, 2.45) is 0 Å². The molecular weight excluding hydrogens is 398 g/mol. The Morgan fingerprint density at radius 1 is 1.08 bits per heavy atom. The SMILES string of the molecule is CN(Cc1ccccc1Br)C(=O)COC(=O)c1cnc2ccccc2n1. The highest BCUT2D eigenvalue weighted by molar-refractivity contribution is 9.10. The van der Waals surface area contributed by atoms with Crippen LogP contribution in [0.1, 0.15) is 16.1 Å². The number of fused-ring (bicyclic) bond motifs is 1. The van der Waals surface area contributed by atoms with Crippen molar-refractivity contribution in [2.45, 2.75) is 6.54 Å². The molecule has 0 radical (unpaired) electrons. The van der Waals surface area contributed by atoms with Gasteiger partial charge in [-0.25, -0.2) is 9.78 Å². The molecule has 0 saturated carbocycles. The minimum absolute atomic E-state index is 0.0740. The Hall–Kier alpha value is -2.80. The number of esters is 1. The third-order valence-corrected chi connectivity index (χ3v) is 4.55. The van der Waals surface area contributed by atoms with E-state index in [9.17, 15) is 9.59 Å². The lowest BCUT2D eigenvalue weighted by Gasteiger charge is -2.18. The number of halogens is 1. The maximum Gasteiger partial charge on any atom is 0.359 e. The van der Waals surface area contributed by atoms with Crippen LogP contribution in [0.3, 0.4) is 0 Å². The molecule has 6 nitrogen and oxygen atoms in total. The lowest BCUT2D eigenvalue weighted by molar-refractivity contribution is -0.133. The van der Waals surface area contributed by atoms with Gasteiger partial charge in [0.1, 0.15) is 0 Å². The molecule has 0 aliphatic carbocycles. The number of benzene rings is 2. The zero-order chi connectivity index (χ0) is 18.5. The van der Waals surface area contributed by atoms with Gasteiger partial charge in [0, 0.05) is 18.1 Å². The topological polar surface area (TPSA) is 72.4 Å². The third-order valence-electron chi connectivity index (χ3n) is 3.78. The molecular formula is C19H16BrN3O3. The first kappa shape index (κ1) is 18.0. The number of hydrogen-bond donors (Lipinski definition) is 0. The third kappa shape index (κ3) is 4.23. The minimum atomic E-state index is -0.675. The van der Waals surface area contributed by atoms with Crippen LogP contribution in [-0.4, -0.2) is 40.4 Å². The zero-order valence-electron chi connectivity index (χ0n) is 14.1. The monoisotopic (exact) mass is 413 g/mol. The summed E-state index contributed by atoms with van der Waals surface area (Å²) in [6, 6.07) is 14.9. The van der Waals surface area contributed by atoms with Crippen LogP contribution in [0.2, 0.25) is 0 Å². The van der Waals surface area contributed by atoms with E-state index in [4.69, 9.17) is 4.74 Å². The Morgan fingerprint density at radius 2 is 1.77 bits per heavy atom. The van der Waals surface area contributed by atoms with Gasteiger partial charge in [-0.1, -0.05) is 46.3 Å². The Labute approximate surface area is 158 Å². The molecule has 7 heteroatoms. The largest absolute Gasteiger partial charge is 0.451 e. The number of rotatable bonds is 5. The molecule has 0 saturated heterocycles. The van der Waals surface area contributed by atoms with Crippen molar-refractivity contribution >= 4 is 38.8 Å². The average Bonchev–Trinajstić information content (AvgIpc) is 2.67. The van der Waals surface area contributed by atoms with Crippen molar-refractivity contribution in [3.05, 3.63) is 70.5 Å². The van der Waals surface area contributed by atoms with Crippen LogP contribution in [0.5, 0.6) is 0 Å². The fourth-order valence-corrected chi connectivity index (χ4v) is 2.75. The second-order valence-corrected chi connectivity index (χ2v) is 6.52. The van der Waals surface area contributed by atoms with Gasteiger partial charge in [0.05, 0.1) is 17.2 Å². The molecule has 1 amide bonds. The standard InChI is InChI=1S/C19H16BrN3O3/c1-23(11-13-6-2-3-7-14(13)20)18(24)12-26-19(25)17-10-21-15-8-4-5-9-16(15)22-17/h2-10H,11-12H2,1H3. The molecule has 1 heterocycles. The van der Waals surface area contributed by atoms with Gasteiger partial charge < -0.3 is 9.64 Å². The van der Waals surface area contributed by atoms with E-state index >= 15 is 0 Å². The fraction of sp³-hybridized carbons (Fsp3) is 0.158. The lowest BCUT2D eigenvalue weighted by atomic mass is 10.2. The molecule has 3 rings (SSSR count). The van der Waals surface area contributed by atoms with Gasteiger partial charge in [-0.15, -0.1) is 0 Å². The number of ether oxygens (including phenoxy) is 1. The maximum atomic E-state index is 12.2. The minimum Gasteiger partial charge on any atom is -0.451 e. The number of carbonyl (C=O) groups is 2. The summed E-state index contributed by atoms with van der Waals surface area (Å²) in [5.41, 5.74) is 2.33. The number of aromatic nitrogens is 2. The maximum absolute atomic E-state index is 12.2. The number of likely N-dealkylation sites (N-methyl/N-ethyl adjacent to an activating group) is 1. The number of carbonyl (C=O) groups excluding carboxylic acids is 2. The molecule has 0 aliphatic heterocycles. The normalized spacial score (nSPS) is 10.5. The highest BCUT2D eigenvalue weighted by Crippen LogP contribution is 2.17. The van der Waals surface area contributed by atoms with Crippen molar-refractivity contribution < 1.29 is 14.3 Å². The van der Waals surface area contributed by atoms with Crippen molar-refractivity contribution in [1.29, 1.82) is 0 Å². The summed E-state index contributed by atoms with van der Waals surface area (Å²) >= 11 is 3.45. The van der Waals surface area contributed by atoms with E-state index in [-0.39, 0.29) is 18.2 Å². The van der Waals surface area contributed by atoms with Gasteiger partial charge in [0.25, 0.3) is 5.91 Å². The van der Waals surface area contributed by atoms with Gasteiger partial charge in [-0.2, -0.15) is 0 Å². The molecule has 0 bridgehead atoms. The summed E-state index contributed by atoms with van der Waals surface area (Å²) < 4.78 is 6.00. The van der Waals surface area contributed by atoms with Gasteiger partial charge in [-0.3, -0.25) is 9.78 Å². The summed E-state index contributed by atoms with van der Waals surface area (Å²) in [7, 11) is 1.66. The second kappa shape index (κ2) is 8.05. The van der Waals surface area contributed by atoms with Gasteiger partial charge in [0.15, 0.2) is 12.3 Å². The predicted octanol–water partition coefficient (Wildman–Crippen LogP) is 3.21. The number of para-hydroxylation sites is 2. The first-order valence-electron chi connectivity index (χ1n) is 7.91. The smallest absolute Gasteiger partial charge is 0.359 e. The predicted molar refractivity (Wildman–Crippen MR) is 100 cm³/mol. The van der Waals surface area contributed by atoms with Crippen molar-refractivity contribution in [1.82, 2.24) is 14.9 Å². The van der Waals surface area contributed by atoms with E-state index in [1.54, 1.807) is 19.2 Å². The summed E-state index contributed by atoms with van der Waals surface area (Å²) in [5, 5.41) is 0. The van der Waals surface area contributed by atoms with Crippen LogP contribution in [-0.2, 0) is 16.1 Å². The number of hydrogen-bond acceptors (Lipinski definition) is 5. The van der Waals surface area contributed by atoms with E-state index < -0.39 is 5.97 Å². The number of nitrogens with zero attached hydrogens (tertiary/aromatic N) is 3. The molecule has 0 aliphatic rings. The van der Waals surface area contributed by atoms with E-state index in [0.717, 1.165) is 10.0 Å². The molecule has 0 atom stereocenters. The van der Waals surface area contributed by atoms with Crippen LogP contribution < -0.4 is 0 Å². The summed E-state index contributed by atoms with van der Waals surface area (Å²) in [5.74, 6) is -0.978. The van der Waals surface area contributed by atoms with Crippen LogP contribution >= 0.6 is 15.9 Å². The van der Waals surface area contributed by atoms with Crippen LogP contribution in [0.4, 0.5) is 0 Å². The lowest BCUT2D eigenvalue weighted by Crippen LogP contribution is -2.31. The van der Waals surface area contributed by atoms with Crippen LogP contribution in [0.15, 0.2) is 59.2 Å². The highest BCUT2D eigenvalue weighted by atomic mass is 79.9. The highest BCUT2D eigenvalue weighted by Gasteiger charge is 2.16. The van der Waals surface area contributed by atoms with E-state index in [0.29, 0.717) is 17.6 Å². The molecule has 1 aromatic heterocycles. The van der Waals surface area contributed by atoms with Crippen molar-refractivity contribution in [3.63, 3.8) is 0 Å². The number of amides is 1. The first-order valence-corrected chi connectivity index (χ1v) is 8.70. The molecule has 132 valence electrons. The summed E-state index contributed by atoms with van der Waals surface area (Å²) in [6.07, 6.45) is 1.35. The molecule has 0 spiro atoms. The molecule has 3 aromatic rings. The molecule has 2 aromatic carbocycles. The molecule has 0 fully saturated rings. The Bertz CT molecular complexity index is 961. The average molecular weight is 414 g/mol. The van der Waals surface area contributed by atoms with Crippen molar-refractivity contribution in [3.8, 4) is 0 Å². The zero-order valence-corrected chi connectivity index (χ0v) is 15.6. The van der Waals surface area contributed by atoms with Gasteiger partial charge in [-0.05, 0) is 23.8 Å². The quantitative estimate of drug-likeness (QED) is 0.600. The van der Waals surface area contributed by atoms with E-state index in [1.807, 2.05) is 36.4 Å². The molecule has 26 heavy (non-hydrogen) atoms. The molecule has 0 N–H and O–H groups in total. The van der Waals surface area contributed by atoms with E-state index in [2.05, 4.69) is 25.9 Å². The first-order chi connectivity index (χ1) is 12.5. The summed E-state index contributed by atoms with van der Waals surface area (Å²) in [4.78, 5) is 34.2.